The average Bonchev–Trinajstić information content (AvgIpc) is 2.71. The smallest absolute Gasteiger partial charge is 0.324 e. The predicted octanol–water partition coefficient (Wildman–Crippen LogP) is 4.23. The van der Waals surface area contributed by atoms with Crippen molar-refractivity contribution in [3.05, 3.63) is 59.2 Å². The summed E-state index contributed by atoms with van der Waals surface area (Å²) in [6.07, 6.45) is -0.855. The number of nitrogens with zero attached hydrogens (tertiary/aromatic N) is 1. The average molecular weight is 440 g/mol. The first kappa shape index (κ1) is 22.3. The third-order valence-electron chi connectivity index (χ3n) is 5.14. The number of para-hydroxylation sites is 1. The molecule has 1 N–H and O–H groups in total. The van der Waals surface area contributed by atoms with E-state index in [0.717, 1.165) is 53.2 Å². The largest absolute Gasteiger partial charge is 0.418 e. The minimum Gasteiger partial charge on any atom is -0.324 e. The van der Waals surface area contributed by atoms with Crippen LogP contribution in [0.25, 0.3) is 0 Å². The van der Waals surface area contributed by atoms with Crippen molar-refractivity contribution >= 4 is 21.6 Å². The van der Waals surface area contributed by atoms with Crippen LogP contribution in [0.3, 0.4) is 0 Å². The maximum absolute atomic E-state index is 13.1. The first-order valence-electron chi connectivity index (χ1n) is 9.71. The zero-order valence-electron chi connectivity index (χ0n) is 16.5. The number of nitrogens with one attached hydrogen (secondary N) is 1. The molecule has 30 heavy (non-hydrogen) atoms. The zero-order valence-corrected chi connectivity index (χ0v) is 17.3. The van der Waals surface area contributed by atoms with Gasteiger partial charge < -0.3 is 5.32 Å². The first-order chi connectivity index (χ1) is 14.1. The first-order valence-corrected chi connectivity index (χ1v) is 11.1. The van der Waals surface area contributed by atoms with Gasteiger partial charge in [-0.25, -0.2) is 8.42 Å². The summed E-state index contributed by atoms with van der Waals surface area (Å²) in [6.45, 7) is 1.00. The zero-order chi connectivity index (χ0) is 21.9. The molecule has 0 saturated heterocycles. The standard InChI is InChI=1S/C21H23F3N2O3S/c1-2-26(14-20(27)25-19-10-6-5-9-18(19)21(22,23)24)30(28,29)17-12-11-15-7-3-4-8-16(15)13-17/h5-6,9-13H,2-4,7-8,14H2,1H3,(H,25,27). The molecule has 2 aromatic rings. The normalized spacial score (nSPS) is 14.4. The van der Waals surface area contributed by atoms with Crippen LogP contribution in [0.15, 0.2) is 47.4 Å². The number of halogens is 3. The number of alkyl halides is 3. The summed E-state index contributed by atoms with van der Waals surface area (Å²) in [5.41, 5.74) is 0.725. The van der Waals surface area contributed by atoms with E-state index in [-0.39, 0.29) is 11.4 Å². The Morgan fingerprint density at radius 2 is 1.73 bits per heavy atom. The third kappa shape index (κ3) is 4.84. The second kappa shape index (κ2) is 8.77. The summed E-state index contributed by atoms with van der Waals surface area (Å²) in [4.78, 5) is 12.5. The molecule has 0 unspecified atom stereocenters. The van der Waals surface area contributed by atoms with Gasteiger partial charge in [0.2, 0.25) is 15.9 Å². The second-order valence-corrected chi connectivity index (χ2v) is 9.10. The summed E-state index contributed by atoms with van der Waals surface area (Å²) < 4.78 is 66.4. The highest BCUT2D eigenvalue weighted by molar-refractivity contribution is 7.89. The van der Waals surface area contributed by atoms with E-state index in [2.05, 4.69) is 5.32 Å². The van der Waals surface area contributed by atoms with Gasteiger partial charge in [-0.05, 0) is 61.1 Å². The molecule has 0 fully saturated rings. The highest BCUT2D eigenvalue weighted by atomic mass is 32.2. The molecule has 1 aliphatic rings. The molecule has 0 aromatic heterocycles. The molecule has 0 radical (unpaired) electrons. The van der Waals surface area contributed by atoms with Crippen molar-refractivity contribution in [1.29, 1.82) is 0 Å². The van der Waals surface area contributed by atoms with E-state index in [0.29, 0.717) is 0 Å². The van der Waals surface area contributed by atoms with Crippen molar-refractivity contribution in [2.75, 3.05) is 18.4 Å². The van der Waals surface area contributed by atoms with Crippen LogP contribution in [0.5, 0.6) is 0 Å². The topological polar surface area (TPSA) is 66.5 Å². The van der Waals surface area contributed by atoms with Gasteiger partial charge in [0.05, 0.1) is 22.7 Å². The number of anilines is 1. The van der Waals surface area contributed by atoms with E-state index in [1.807, 2.05) is 0 Å². The Bertz CT molecular complexity index is 1040. The number of aryl methyl sites for hydroxylation is 2. The van der Waals surface area contributed by atoms with E-state index in [4.69, 9.17) is 0 Å². The number of carbonyl (C=O) groups excluding carboxylic acids is 1. The minimum atomic E-state index is -4.64. The number of hydrogen-bond donors (Lipinski definition) is 1. The number of benzene rings is 2. The van der Waals surface area contributed by atoms with Crippen molar-refractivity contribution < 1.29 is 26.4 Å². The van der Waals surface area contributed by atoms with Crippen LogP contribution >= 0.6 is 0 Å². The van der Waals surface area contributed by atoms with E-state index in [1.165, 1.54) is 18.2 Å². The molecule has 0 heterocycles. The fourth-order valence-electron chi connectivity index (χ4n) is 3.58. The van der Waals surface area contributed by atoms with Crippen molar-refractivity contribution in [3.63, 3.8) is 0 Å². The summed E-state index contributed by atoms with van der Waals surface area (Å²) >= 11 is 0. The van der Waals surface area contributed by atoms with Gasteiger partial charge in [-0.1, -0.05) is 25.1 Å². The van der Waals surface area contributed by atoms with Gasteiger partial charge in [-0.3, -0.25) is 4.79 Å². The molecule has 0 spiro atoms. The molecule has 0 atom stereocenters. The lowest BCUT2D eigenvalue weighted by molar-refractivity contribution is -0.137. The van der Waals surface area contributed by atoms with Gasteiger partial charge in [-0.2, -0.15) is 17.5 Å². The van der Waals surface area contributed by atoms with Crippen LogP contribution in [0.2, 0.25) is 0 Å². The van der Waals surface area contributed by atoms with Gasteiger partial charge in [0.15, 0.2) is 0 Å². The Labute approximate surface area is 173 Å². The van der Waals surface area contributed by atoms with Crippen molar-refractivity contribution in [2.24, 2.45) is 0 Å². The molecule has 2 aromatic carbocycles. The minimum absolute atomic E-state index is 0.00769. The number of carbonyl (C=O) groups is 1. The van der Waals surface area contributed by atoms with E-state index < -0.39 is 39.9 Å². The lowest BCUT2D eigenvalue weighted by atomic mass is 9.92. The van der Waals surface area contributed by atoms with Crippen LogP contribution in [-0.2, 0) is 33.8 Å². The van der Waals surface area contributed by atoms with E-state index >= 15 is 0 Å². The van der Waals surface area contributed by atoms with Gasteiger partial charge in [0, 0.05) is 6.54 Å². The number of hydrogen-bond acceptors (Lipinski definition) is 3. The Kier molecular flexibility index (Phi) is 6.52. The monoisotopic (exact) mass is 440 g/mol. The second-order valence-electron chi connectivity index (χ2n) is 7.16. The van der Waals surface area contributed by atoms with Crippen LogP contribution in [0, 0.1) is 0 Å². The summed E-state index contributed by atoms with van der Waals surface area (Å²) in [5.74, 6) is -0.838. The van der Waals surface area contributed by atoms with Gasteiger partial charge in [-0.15, -0.1) is 0 Å². The van der Waals surface area contributed by atoms with Gasteiger partial charge in [0.1, 0.15) is 0 Å². The molecular weight excluding hydrogens is 417 g/mol. The Balaban J connectivity index is 1.79. The molecule has 1 amide bonds. The van der Waals surface area contributed by atoms with Gasteiger partial charge >= 0.3 is 6.18 Å². The molecule has 1 aliphatic carbocycles. The van der Waals surface area contributed by atoms with E-state index in [9.17, 15) is 26.4 Å². The Morgan fingerprint density at radius 3 is 2.40 bits per heavy atom. The lowest BCUT2D eigenvalue weighted by Crippen LogP contribution is -2.38. The Morgan fingerprint density at radius 1 is 1.07 bits per heavy atom. The van der Waals surface area contributed by atoms with Gasteiger partial charge in [0.25, 0.3) is 0 Å². The molecular formula is C21H23F3N2O3S. The maximum atomic E-state index is 13.1. The Hall–Kier alpha value is -2.39. The number of rotatable bonds is 6. The van der Waals surface area contributed by atoms with Crippen LogP contribution in [0.4, 0.5) is 18.9 Å². The maximum Gasteiger partial charge on any atom is 0.418 e. The van der Waals surface area contributed by atoms with Crippen molar-refractivity contribution in [1.82, 2.24) is 4.31 Å². The highest BCUT2D eigenvalue weighted by Gasteiger charge is 2.34. The molecule has 3 rings (SSSR count). The number of sulfonamides is 1. The summed E-state index contributed by atoms with van der Waals surface area (Å²) in [6, 6.07) is 9.55. The van der Waals surface area contributed by atoms with Crippen molar-refractivity contribution in [2.45, 2.75) is 43.7 Å². The number of amides is 1. The highest BCUT2D eigenvalue weighted by Crippen LogP contribution is 2.34. The molecule has 0 saturated carbocycles. The molecule has 0 aliphatic heterocycles. The predicted molar refractivity (Wildman–Crippen MR) is 108 cm³/mol. The quantitative estimate of drug-likeness (QED) is 0.731. The fourth-order valence-corrected chi connectivity index (χ4v) is 5.03. The summed E-state index contributed by atoms with van der Waals surface area (Å²) in [5, 5.41) is 2.19. The molecule has 0 bridgehead atoms. The third-order valence-corrected chi connectivity index (χ3v) is 7.05. The molecule has 5 nitrogen and oxygen atoms in total. The fraction of sp³-hybridized carbons (Fsp3) is 0.381. The number of fused-ring (bicyclic) bond motifs is 1. The van der Waals surface area contributed by atoms with Crippen LogP contribution in [0.1, 0.15) is 36.5 Å². The molecule has 9 heteroatoms. The van der Waals surface area contributed by atoms with E-state index in [1.54, 1.807) is 19.1 Å². The van der Waals surface area contributed by atoms with Crippen LogP contribution < -0.4 is 5.32 Å². The molecule has 162 valence electrons. The SMILES string of the molecule is CCN(CC(=O)Nc1ccccc1C(F)(F)F)S(=O)(=O)c1ccc2c(c1)CCCC2. The van der Waals surface area contributed by atoms with Crippen molar-refractivity contribution in [3.8, 4) is 0 Å². The van der Waals surface area contributed by atoms with Crippen LogP contribution in [-0.4, -0.2) is 31.7 Å². The summed E-state index contributed by atoms with van der Waals surface area (Å²) in [7, 11) is -3.96. The number of likely N-dealkylation sites (N-methyl/N-ethyl adjacent to an activating group) is 1. The lowest BCUT2D eigenvalue weighted by Gasteiger charge is -2.22.